The summed E-state index contributed by atoms with van der Waals surface area (Å²) in [6.45, 7) is 6.54. The highest BCUT2D eigenvalue weighted by atomic mass is 32.2. The van der Waals surface area contributed by atoms with Gasteiger partial charge in [-0.15, -0.1) is 0 Å². The van der Waals surface area contributed by atoms with E-state index in [4.69, 9.17) is 14.2 Å². The van der Waals surface area contributed by atoms with E-state index in [1.54, 1.807) is 26.0 Å². The van der Waals surface area contributed by atoms with Gasteiger partial charge >= 0.3 is 12.3 Å². The van der Waals surface area contributed by atoms with Crippen LogP contribution < -0.4 is 24.8 Å². The zero-order valence-electron chi connectivity index (χ0n) is 32.9. The number of hydrogen-bond acceptors (Lipinski definition) is 10. The molecular formula is C39H49F4N5O9S. The highest BCUT2D eigenvalue weighted by Crippen LogP contribution is 2.46. The van der Waals surface area contributed by atoms with Crippen LogP contribution in [0, 0.1) is 23.6 Å². The van der Waals surface area contributed by atoms with Crippen LogP contribution in [0.2, 0.25) is 0 Å². The summed E-state index contributed by atoms with van der Waals surface area (Å²) in [6, 6.07) is 1.41. The van der Waals surface area contributed by atoms with E-state index in [0.29, 0.717) is 51.3 Å². The maximum Gasteiger partial charge on any atom is 0.427 e. The van der Waals surface area contributed by atoms with Gasteiger partial charge in [0.15, 0.2) is 11.6 Å². The summed E-state index contributed by atoms with van der Waals surface area (Å²) in [4.78, 5) is 61.4. The largest absolute Gasteiger partial charge is 0.491 e. The molecule has 2 saturated carbocycles. The fourth-order valence-corrected chi connectivity index (χ4v) is 8.97. The molecule has 19 heteroatoms. The van der Waals surface area contributed by atoms with Gasteiger partial charge in [0, 0.05) is 23.9 Å². The Hall–Kier alpha value is -4.68. The topological polar surface area (TPSA) is 182 Å². The van der Waals surface area contributed by atoms with Crippen LogP contribution in [0.15, 0.2) is 36.5 Å². The summed E-state index contributed by atoms with van der Waals surface area (Å²) in [6.07, 6.45) is -0.280. The molecule has 58 heavy (non-hydrogen) atoms. The van der Waals surface area contributed by atoms with E-state index in [1.807, 2.05) is 13.0 Å². The second kappa shape index (κ2) is 16.2. The first kappa shape index (κ1) is 42.9. The van der Waals surface area contributed by atoms with Gasteiger partial charge in [0.1, 0.15) is 23.7 Å². The second-order valence-electron chi connectivity index (χ2n) is 16.3. The Morgan fingerprint density at radius 1 is 1.10 bits per heavy atom. The van der Waals surface area contributed by atoms with Crippen molar-refractivity contribution >= 4 is 44.6 Å². The van der Waals surface area contributed by atoms with E-state index >= 15 is 4.39 Å². The molecule has 6 rings (SSSR count). The maximum atomic E-state index is 15.0. The van der Waals surface area contributed by atoms with E-state index in [0.717, 1.165) is 4.90 Å². The van der Waals surface area contributed by atoms with Gasteiger partial charge in [0.2, 0.25) is 33.3 Å². The van der Waals surface area contributed by atoms with Crippen LogP contribution in [0.25, 0.3) is 10.8 Å². The highest BCUT2D eigenvalue weighted by Gasteiger charge is 2.62. The average Bonchev–Trinajstić information content (AvgIpc) is 4.05. The number of aromatic nitrogens is 1. The first-order valence-electron chi connectivity index (χ1n) is 19.4. The fourth-order valence-electron chi connectivity index (χ4n) is 7.61. The number of hydrogen-bond donors (Lipinski definition) is 3. The third-order valence-corrected chi connectivity index (χ3v) is 13.1. The number of fused-ring (bicyclic) bond motifs is 3. The van der Waals surface area contributed by atoms with Gasteiger partial charge in [0.05, 0.1) is 18.4 Å². The molecule has 1 unspecified atom stereocenters. The molecule has 14 nitrogen and oxygen atoms in total. The van der Waals surface area contributed by atoms with E-state index in [1.165, 1.54) is 18.3 Å². The predicted octanol–water partition coefficient (Wildman–Crippen LogP) is 5.05. The molecule has 7 atom stereocenters. The molecule has 0 spiro atoms. The number of ether oxygens (including phenoxy) is 3. The summed E-state index contributed by atoms with van der Waals surface area (Å²) in [5.41, 5.74) is -4.57. The van der Waals surface area contributed by atoms with E-state index in [-0.39, 0.29) is 48.9 Å². The van der Waals surface area contributed by atoms with Crippen molar-refractivity contribution < 1.29 is 59.4 Å². The Morgan fingerprint density at radius 2 is 1.83 bits per heavy atom. The number of nitrogens with zero attached hydrogens (tertiary/aromatic N) is 2. The Kier molecular flexibility index (Phi) is 12.0. The second-order valence-corrected chi connectivity index (χ2v) is 18.3. The molecule has 4 aliphatic rings. The number of halogens is 4. The molecule has 1 aromatic heterocycles. The van der Waals surface area contributed by atoms with Gasteiger partial charge in [-0.1, -0.05) is 26.0 Å². The molecule has 2 aromatic rings. The quantitative estimate of drug-likeness (QED) is 0.228. The van der Waals surface area contributed by atoms with E-state index < -0.39 is 92.2 Å². The number of alkyl halides is 3. The number of amides is 4. The van der Waals surface area contributed by atoms with Crippen molar-refractivity contribution in [2.24, 2.45) is 17.8 Å². The third kappa shape index (κ3) is 9.13. The molecule has 0 bridgehead atoms. The van der Waals surface area contributed by atoms with Crippen molar-refractivity contribution in [2.45, 2.75) is 120 Å². The lowest BCUT2D eigenvalue weighted by atomic mass is 9.88. The molecule has 0 radical (unpaired) electrons. The molecule has 2 aliphatic carbocycles. The van der Waals surface area contributed by atoms with Crippen molar-refractivity contribution in [1.29, 1.82) is 0 Å². The number of alkyl carbamates (subject to hydrolysis) is 1. The standard InChI is InChI=1S/C39H49F4N5O9S/c1-6-55-30-16-23-13-14-44-33(27(23)18-28(30)40)56-25-17-29-32(49)46-38(35(51)47-58(53,54)26-11-12-26)19-24(38)10-8-7-9-21(2)15-22(3)31(34(50)48(29)20-25)45-36(52)57-37(4,5)39(41,42)43/h8,10,13-14,16,18,21-22,24-26,29,31H,6-7,9,11-12,15,17,19-20H2,1-5H3,(H,45,52)(H,46,49)(H,47,51)/b10-8-/t21-,22+,24?,25+,29-,31-,38+/m0/s1. The Balaban J connectivity index is 1.35. The molecule has 2 aliphatic heterocycles. The summed E-state index contributed by atoms with van der Waals surface area (Å²) < 4.78 is 100. The van der Waals surface area contributed by atoms with Crippen LogP contribution in [0.1, 0.15) is 79.6 Å². The van der Waals surface area contributed by atoms with Crippen LogP contribution >= 0.6 is 0 Å². The maximum absolute atomic E-state index is 15.0. The van der Waals surface area contributed by atoms with Crippen LogP contribution in [0.3, 0.4) is 0 Å². The summed E-state index contributed by atoms with van der Waals surface area (Å²) in [5.74, 6) is -4.59. The Morgan fingerprint density at radius 3 is 2.50 bits per heavy atom. The van der Waals surface area contributed by atoms with Crippen molar-refractivity contribution in [3.05, 3.63) is 42.4 Å². The van der Waals surface area contributed by atoms with Crippen LogP contribution in [-0.2, 0) is 29.1 Å². The van der Waals surface area contributed by atoms with Crippen molar-refractivity contribution in [1.82, 2.24) is 25.2 Å². The predicted molar refractivity (Wildman–Crippen MR) is 201 cm³/mol. The number of carbonyl (C=O) groups is 4. The number of nitrogens with one attached hydrogen (secondary N) is 3. The van der Waals surface area contributed by atoms with E-state index in [2.05, 4.69) is 20.3 Å². The zero-order valence-corrected chi connectivity index (χ0v) is 33.7. The van der Waals surface area contributed by atoms with Gasteiger partial charge in [-0.2, -0.15) is 13.2 Å². The minimum Gasteiger partial charge on any atom is -0.491 e. The van der Waals surface area contributed by atoms with Crippen LogP contribution in [-0.4, -0.2) is 96.0 Å². The minimum absolute atomic E-state index is 0.0106. The summed E-state index contributed by atoms with van der Waals surface area (Å²) in [7, 11) is -4.01. The molecule has 318 valence electrons. The van der Waals surface area contributed by atoms with Crippen molar-refractivity contribution in [3.8, 4) is 11.6 Å². The highest BCUT2D eigenvalue weighted by molar-refractivity contribution is 7.91. The minimum atomic E-state index is -4.93. The zero-order chi connectivity index (χ0) is 42.4. The number of allylic oxidation sites excluding steroid dienone is 1. The Bertz CT molecular complexity index is 2080. The Labute approximate surface area is 333 Å². The van der Waals surface area contributed by atoms with Crippen molar-refractivity contribution in [2.75, 3.05) is 13.2 Å². The van der Waals surface area contributed by atoms with Crippen molar-refractivity contribution in [3.63, 3.8) is 0 Å². The van der Waals surface area contributed by atoms with Gasteiger partial charge in [-0.05, 0) is 94.7 Å². The van der Waals surface area contributed by atoms with Gasteiger partial charge in [0.25, 0.3) is 5.91 Å². The number of sulfonamides is 1. The molecule has 4 amide bonds. The normalized spacial score (nSPS) is 28.9. The number of rotatable bonds is 9. The van der Waals surface area contributed by atoms with Gasteiger partial charge in [-0.3, -0.25) is 19.1 Å². The molecular weight excluding hydrogens is 791 g/mol. The fraction of sp³-hybridized carbons (Fsp3) is 0.615. The number of pyridine rings is 1. The first-order chi connectivity index (χ1) is 27.2. The SMILES string of the molecule is CCOc1cc2ccnc(O[C@@H]3C[C@H]4C(=O)N[C@]5(C(=O)NS(=O)(=O)C6CC6)CC5/C=C\CC[C@H](C)C[C@@H](C)[C@H](NC(=O)OC(C)(C)C(F)(F)F)C(=O)N4C3)c2cc1F. The van der Waals surface area contributed by atoms with Gasteiger partial charge < -0.3 is 29.7 Å². The molecule has 3 heterocycles. The van der Waals surface area contributed by atoms with Crippen LogP contribution in [0.4, 0.5) is 22.4 Å². The molecule has 1 aromatic carbocycles. The third-order valence-electron chi connectivity index (χ3n) is 11.3. The molecule has 1 saturated heterocycles. The summed E-state index contributed by atoms with van der Waals surface area (Å²) in [5, 5.41) is 5.15. The number of benzene rings is 1. The lowest BCUT2D eigenvalue weighted by Crippen LogP contribution is -2.59. The van der Waals surface area contributed by atoms with Gasteiger partial charge in [-0.25, -0.2) is 22.6 Å². The molecule has 3 fully saturated rings. The summed E-state index contributed by atoms with van der Waals surface area (Å²) >= 11 is 0. The van der Waals surface area contributed by atoms with E-state index in [9.17, 15) is 40.8 Å². The lowest BCUT2D eigenvalue weighted by molar-refractivity contribution is -0.244. The monoisotopic (exact) mass is 839 g/mol. The lowest BCUT2D eigenvalue weighted by Gasteiger charge is -2.34. The molecule has 3 N–H and O–H groups in total. The number of carbonyl (C=O) groups excluding carboxylic acids is 4. The van der Waals surface area contributed by atoms with Crippen LogP contribution in [0.5, 0.6) is 11.6 Å². The smallest absolute Gasteiger partial charge is 0.427 e. The average molecular weight is 840 g/mol. The first-order valence-corrected chi connectivity index (χ1v) is 21.0.